The number of benzene rings is 1. The quantitative estimate of drug-likeness (QED) is 0.877. The molecule has 2 nitrogen and oxygen atoms in total. The molecule has 88 valence electrons. The van der Waals surface area contributed by atoms with Gasteiger partial charge in [-0.25, -0.2) is 0 Å². The Bertz CT molecular complexity index is 520. The second-order valence-electron chi connectivity index (χ2n) is 4.05. The standard InChI is InChI=1S/C14H14ClNO/c1-9-13(10(2)17)7-8-14(16-9)11-3-5-12(15)6-4-11/h3-8,10,17H,1-2H3/t10-/m0/s1. The van der Waals surface area contributed by atoms with Crippen LogP contribution in [0.5, 0.6) is 0 Å². The summed E-state index contributed by atoms with van der Waals surface area (Å²) in [5.41, 5.74) is 3.63. The minimum Gasteiger partial charge on any atom is -0.389 e. The van der Waals surface area contributed by atoms with E-state index in [0.29, 0.717) is 5.02 Å². The monoisotopic (exact) mass is 247 g/mol. The predicted octanol–water partition coefficient (Wildman–Crippen LogP) is 3.76. The highest BCUT2D eigenvalue weighted by Gasteiger charge is 2.07. The van der Waals surface area contributed by atoms with Gasteiger partial charge in [0, 0.05) is 21.8 Å². The Morgan fingerprint density at radius 3 is 2.29 bits per heavy atom. The van der Waals surface area contributed by atoms with E-state index in [0.717, 1.165) is 22.5 Å². The highest BCUT2D eigenvalue weighted by molar-refractivity contribution is 6.30. The maximum Gasteiger partial charge on any atom is 0.0779 e. The average Bonchev–Trinajstić information content (AvgIpc) is 2.29. The number of halogens is 1. The molecular weight excluding hydrogens is 234 g/mol. The van der Waals surface area contributed by atoms with Gasteiger partial charge in [-0.05, 0) is 32.0 Å². The zero-order valence-corrected chi connectivity index (χ0v) is 10.6. The molecule has 0 bridgehead atoms. The molecule has 0 aliphatic rings. The molecule has 17 heavy (non-hydrogen) atoms. The number of hydrogen-bond donors (Lipinski definition) is 1. The van der Waals surface area contributed by atoms with Crippen molar-refractivity contribution in [2.75, 3.05) is 0 Å². The van der Waals surface area contributed by atoms with E-state index < -0.39 is 6.10 Å². The third-order valence-electron chi connectivity index (χ3n) is 2.72. The smallest absolute Gasteiger partial charge is 0.0779 e. The Morgan fingerprint density at radius 1 is 1.12 bits per heavy atom. The van der Waals surface area contributed by atoms with Crippen molar-refractivity contribution in [1.29, 1.82) is 0 Å². The van der Waals surface area contributed by atoms with Crippen molar-refractivity contribution in [1.82, 2.24) is 4.98 Å². The van der Waals surface area contributed by atoms with Crippen LogP contribution in [0.1, 0.15) is 24.3 Å². The minimum absolute atomic E-state index is 0.484. The molecule has 0 amide bonds. The van der Waals surface area contributed by atoms with Crippen LogP contribution in [0.3, 0.4) is 0 Å². The summed E-state index contributed by atoms with van der Waals surface area (Å²) in [5.74, 6) is 0. The lowest BCUT2D eigenvalue weighted by molar-refractivity contribution is 0.198. The first-order valence-electron chi connectivity index (χ1n) is 5.49. The summed E-state index contributed by atoms with van der Waals surface area (Å²) < 4.78 is 0. The molecule has 0 spiro atoms. The average molecular weight is 248 g/mol. The van der Waals surface area contributed by atoms with E-state index in [2.05, 4.69) is 4.98 Å². The lowest BCUT2D eigenvalue weighted by Gasteiger charge is -2.10. The Labute approximate surface area is 106 Å². The summed E-state index contributed by atoms with van der Waals surface area (Å²) >= 11 is 5.84. The van der Waals surface area contributed by atoms with E-state index in [9.17, 15) is 5.11 Å². The zero-order chi connectivity index (χ0) is 12.4. The Hall–Kier alpha value is -1.38. The minimum atomic E-state index is -0.484. The molecule has 1 heterocycles. The summed E-state index contributed by atoms with van der Waals surface area (Å²) in [5, 5.41) is 10.3. The number of aliphatic hydroxyl groups is 1. The maximum absolute atomic E-state index is 9.54. The molecule has 1 aromatic heterocycles. The van der Waals surface area contributed by atoms with Crippen molar-refractivity contribution >= 4 is 11.6 Å². The number of hydrogen-bond acceptors (Lipinski definition) is 2. The molecule has 2 aromatic rings. The van der Waals surface area contributed by atoms with E-state index >= 15 is 0 Å². The molecule has 1 N–H and O–H groups in total. The van der Waals surface area contributed by atoms with Crippen molar-refractivity contribution in [3.05, 3.63) is 52.7 Å². The van der Waals surface area contributed by atoms with Crippen molar-refractivity contribution in [3.8, 4) is 11.3 Å². The van der Waals surface area contributed by atoms with Crippen LogP contribution in [0.25, 0.3) is 11.3 Å². The van der Waals surface area contributed by atoms with Crippen molar-refractivity contribution in [2.45, 2.75) is 20.0 Å². The normalized spacial score (nSPS) is 12.5. The first kappa shape index (κ1) is 12.1. The third-order valence-corrected chi connectivity index (χ3v) is 2.97. The number of aryl methyl sites for hydroxylation is 1. The van der Waals surface area contributed by atoms with Gasteiger partial charge >= 0.3 is 0 Å². The predicted molar refractivity (Wildman–Crippen MR) is 70.1 cm³/mol. The van der Waals surface area contributed by atoms with Gasteiger partial charge in [-0.2, -0.15) is 0 Å². The summed E-state index contributed by atoms with van der Waals surface area (Å²) in [6.07, 6.45) is -0.484. The topological polar surface area (TPSA) is 33.1 Å². The van der Waals surface area contributed by atoms with Gasteiger partial charge in [0.15, 0.2) is 0 Å². The van der Waals surface area contributed by atoms with Crippen molar-refractivity contribution in [3.63, 3.8) is 0 Å². The number of nitrogens with zero attached hydrogens (tertiary/aromatic N) is 1. The van der Waals surface area contributed by atoms with Crippen LogP contribution in [0, 0.1) is 6.92 Å². The lowest BCUT2D eigenvalue weighted by Crippen LogP contribution is -1.98. The Balaban J connectivity index is 2.41. The van der Waals surface area contributed by atoms with Gasteiger partial charge < -0.3 is 5.11 Å². The van der Waals surface area contributed by atoms with E-state index in [1.807, 2.05) is 43.3 Å². The van der Waals surface area contributed by atoms with E-state index in [1.54, 1.807) is 6.92 Å². The molecular formula is C14H14ClNO. The maximum atomic E-state index is 9.54. The van der Waals surface area contributed by atoms with Gasteiger partial charge in [-0.15, -0.1) is 0 Å². The van der Waals surface area contributed by atoms with Crippen molar-refractivity contribution < 1.29 is 5.11 Å². The molecule has 0 aliphatic heterocycles. The second kappa shape index (κ2) is 4.86. The highest BCUT2D eigenvalue weighted by atomic mass is 35.5. The van der Waals surface area contributed by atoms with Crippen LogP contribution in [0.2, 0.25) is 5.02 Å². The lowest BCUT2D eigenvalue weighted by atomic mass is 10.1. The second-order valence-corrected chi connectivity index (χ2v) is 4.49. The first-order valence-corrected chi connectivity index (χ1v) is 5.87. The number of pyridine rings is 1. The first-order chi connectivity index (χ1) is 8.08. The van der Waals surface area contributed by atoms with Crippen LogP contribution in [-0.4, -0.2) is 10.1 Å². The molecule has 1 atom stereocenters. The fraction of sp³-hybridized carbons (Fsp3) is 0.214. The van der Waals surface area contributed by atoms with Crippen LogP contribution in [0.15, 0.2) is 36.4 Å². The SMILES string of the molecule is Cc1nc(-c2ccc(Cl)cc2)ccc1[C@H](C)O. The van der Waals surface area contributed by atoms with Gasteiger partial charge in [0.2, 0.25) is 0 Å². The van der Waals surface area contributed by atoms with Crippen molar-refractivity contribution in [2.24, 2.45) is 0 Å². The van der Waals surface area contributed by atoms with E-state index in [1.165, 1.54) is 0 Å². The molecule has 0 unspecified atom stereocenters. The Kier molecular flexibility index (Phi) is 3.46. The number of aromatic nitrogens is 1. The van der Waals surface area contributed by atoms with Gasteiger partial charge in [0.05, 0.1) is 11.8 Å². The molecule has 0 fully saturated rings. The van der Waals surface area contributed by atoms with E-state index in [-0.39, 0.29) is 0 Å². The molecule has 0 aliphatic carbocycles. The van der Waals surface area contributed by atoms with E-state index in [4.69, 9.17) is 11.6 Å². The molecule has 2 rings (SSSR count). The largest absolute Gasteiger partial charge is 0.389 e. The summed E-state index contributed by atoms with van der Waals surface area (Å²) in [4.78, 5) is 4.49. The molecule has 0 saturated carbocycles. The molecule has 0 saturated heterocycles. The third kappa shape index (κ3) is 2.65. The Morgan fingerprint density at radius 2 is 1.76 bits per heavy atom. The zero-order valence-electron chi connectivity index (χ0n) is 9.81. The van der Waals surface area contributed by atoms with Gasteiger partial charge in [-0.3, -0.25) is 4.98 Å². The van der Waals surface area contributed by atoms with Crippen LogP contribution in [-0.2, 0) is 0 Å². The molecule has 3 heteroatoms. The van der Waals surface area contributed by atoms with Gasteiger partial charge in [0.1, 0.15) is 0 Å². The summed E-state index contributed by atoms with van der Waals surface area (Å²) in [6.45, 7) is 3.65. The molecule has 0 radical (unpaired) electrons. The fourth-order valence-electron chi connectivity index (χ4n) is 1.79. The highest BCUT2D eigenvalue weighted by Crippen LogP contribution is 2.23. The molecule has 1 aromatic carbocycles. The van der Waals surface area contributed by atoms with Crippen LogP contribution < -0.4 is 0 Å². The fourth-order valence-corrected chi connectivity index (χ4v) is 1.92. The summed E-state index contributed by atoms with van der Waals surface area (Å²) in [7, 11) is 0. The number of aliphatic hydroxyl groups excluding tert-OH is 1. The van der Waals surface area contributed by atoms with Gasteiger partial charge in [-0.1, -0.05) is 29.8 Å². The van der Waals surface area contributed by atoms with Gasteiger partial charge in [0.25, 0.3) is 0 Å². The number of rotatable bonds is 2. The van der Waals surface area contributed by atoms with Crippen LogP contribution in [0.4, 0.5) is 0 Å². The van der Waals surface area contributed by atoms with Crippen LogP contribution >= 0.6 is 11.6 Å². The summed E-state index contributed by atoms with van der Waals surface area (Å²) in [6, 6.07) is 11.4.